The van der Waals surface area contributed by atoms with Gasteiger partial charge < -0.3 is 10.5 Å². The van der Waals surface area contributed by atoms with Crippen LogP contribution >= 0.6 is 0 Å². The highest BCUT2D eigenvalue weighted by Crippen LogP contribution is 2.33. The fraction of sp³-hybridized carbons (Fsp3) is 0.182. The number of hydrogen-bond acceptors (Lipinski definition) is 3. The zero-order valence-corrected chi connectivity index (χ0v) is 8.91. The number of methoxy groups -OCH3 is 1. The number of nitrogen functional groups attached to an aromatic ring is 1. The number of rotatable bonds is 2. The number of carbonyl (C=O) groups is 1. The van der Waals surface area contributed by atoms with Gasteiger partial charge in [0.15, 0.2) is 0 Å². The third-order valence-electron chi connectivity index (χ3n) is 1.98. The van der Waals surface area contributed by atoms with Gasteiger partial charge in [-0.3, -0.25) is 0 Å². The topological polar surface area (TPSA) is 52.3 Å². The smallest absolute Gasteiger partial charge is 0.417 e. The summed E-state index contributed by atoms with van der Waals surface area (Å²) >= 11 is 0. The maximum absolute atomic E-state index is 12.6. The van der Waals surface area contributed by atoms with Crippen molar-refractivity contribution < 1.29 is 22.7 Å². The molecule has 0 unspecified atom stereocenters. The molecule has 1 aromatic carbocycles. The fourth-order valence-corrected chi connectivity index (χ4v) is 1.19. The predicted molar refractivity (Wildman–Crippen MR) is 56.9 cm³/mol. The molecule has 92 valence electrons. The largest absolute Gasteiger partial charge is 0.466 e. The van der Waals surface area contributed by atoms with Crippen molar-refractivity contribution in [1.29, 1.82) is 0 Å². The summed E-state index contributed by atoms with van der Waals surface area (Å²) in [5.74, 6) is -0.727. The molecule has 0 saturated carbocycles. The number of benzene rings is 1. The summed E-state index contributed by atoms with van der Waals surface area (Å²) in [6.07, 6.45) is -2.57. The van der Waals surface area contributed by atoms with Gasteiger partial charge in [-0.05, 0) is 23.8 Å². The van der Waals surface area contributed by atoms with Gasteiger partial charge in [0, 0.05) is 11.8 Å². The van der Waals surface area contributed by atoms with Crippen molar-refractivity contribution in [2.45, 2.75) is 6.18 Å². The van der Waals surface area contributed by atoms with Crippen LogP contribution in [0.25, 0.3) is 6.08 Å². The molecule has 17 heavy (non-hydrogen) atoms. The van der Waals surface area contributed by atoms with E-state index in [0.29, 0.717) is 0 Å². The molecule has 1 aromatic rings. The van der Waals surface area contributed by atoms with E-state index in [2.05, 4.69) is 4.74 Å². The third-order valence-corrected chi connectivity index (χ3v) is 1.98. The highest BCUT2D eigenvalue weighted by atomic mass is 19.4. The van der Waals surface area contributed by atoms with E-state index in [1.54, 1.807) is 0 Å². The van der Waals surface area contributed by atoms with Crippen LogP contribution in [-0.2, 0) is 15.7 Å². The van der Waals surface area contributed by atoms with Crippen LogP contribution in [0.5, 0.6) is 0 Å². The van der Waals surface area contributed by atoms with E-state index >= 15 is 0 Å². The molecular weight excluding hydrogens is 235 g/mol. The lowest BCUT2D eigenvalue weighted by Gasteiger charge is -2.10. The van der Waals surface area contributed by atoms with E-state index in [4.69, 9.17) is 5.73 Å². The maximum Gasteiger partial charge on any atom is 0.417 e. The first-order chi connectivity index (χ1) is 7.84. The van der Waals surface area contributed by atoms with Gasteiger partial charge in [-0.2, -0.15) is 13.2 Å². The Morgan fingerprint density at radius 3 is 2.59 bits per heavy atom. The highest BCUT2D eigenvalue weighted by Gasteiger charge is 2.32. The van der Waals surface area contributed by atoms with Gasteiger partial charge in [-0.25, -0.2) is 4.79 Å². The van der Waals surface area contributed by atoms with Crippen molar-refractivity contribution in [1.82, 2.24) is 0 Å². The van der Waals surface area contributed by atoms with Crippen LogP contribution in [0, 0.1) is 0 Å². The Labute approximate surface area is 95.7 Å². The number of nitrogens with two attached hydrogens (primary N) is 1. The molecule has 1 rings (SSSR count). The Bertz CT molecular complexity index is 453. The SMILES string of the molecule is COC(=O)C=Cc1ccc(N)cc1C(F)(F)F. The Balaban J connectivity index is 3.16. The van der Waals surface area contributed by atoms with Crippen LogP contribution in [0.15, 0.2) is 24.3 Å². The summed E-state index contributed by atoms with van der Waals surface area (Å²) in [6.45, 7) is 0. The van der Waals surface area contributed by atoms with Crippen molar-refractivity contribution in [2.24, 2.45) is 0 Å². The molecule has 0 heterocycles. The summed E-state index contributed by atoms with van der Waals surface area (Å²) in [5, 5.41) is 0. The van der Waals surface area contributed by atoms with Gasteiger partial charge in [0.05, 0.1) is 12.7 Å². The van der Waals surface area contributed by atoms with Crippen LogP contribution < -0.4 is 5.73 Å². The molecule has 0 radical (unpaired) electrons. The van der Waals surface area contributed by atoms with Crippen molar-refractivity contribution in [3.05, 3.63) is 35.4 Å². The normalized spacial score (nSPS) is 11.8. The molecule has 0 aliphatic rings. The van der Waals surface area contributed by atoms with E-state index in [-0.39, 0.29) is 11.3 Å². The lowest BCUT2D eigenvalue weighted by atomic mass is 10.1. The van der Waals surface area contributed by atoms with Crippen molar-refractivity contribution in [3.8, 4) is 0 Å². The number of hydrogen-bond donors (Lipinski definition) is 1. The average molecular weight is 245 g/mol. The zero-order valence-electron chi connectivity index (χ0n) is 8.91. The Hall–Kier alpha value is -1.98. The Morgan fingerprint density at radius 1 is 1.41 bits per heavy atom. The molecule has 0 atom stereocenters. The summed E-state index contributed by atoms with van der Waals surface area (Å²) in [5.41, 5.74) is 4.26. The van der Waals surface area contributed by atoms with Crippen LogP contribution in [0.1, 0.15) is 11.1 Å². The van der Waals surface area contributed by atoms with Crippen molar-refractivity contribution >= 4 is 17.7 Å². The van der Waals surface area contributed by atoms with Gasteiger partial charge in [0.25, 0.3) is 0 Å². The van der Waals surface area contributed by atoms with Gasteiger partial charge in [0.1, 0.15) is 0 Å². The molecule has 0 spiro atoms. The number of halogens is 3. The van der Waals surface area contributed by atoms with Crippen molar-refractivity contribution in [2.75, 3.05) is 12.8 Å². The van der Waals surface area contributed by atoms with Crippen LogP contribution in [0.3, 0.4) is 0 Å². The minimum Gasteiger partial charge on any atom is -0.466 e. The fourth-order valence-electron chi connectivity index (χ4n) is 1.19. The van der Waals surface area contributed by atoms with Gasteiger partial charge >= 0.3 is 12.1 Å². The zero-order chi connectivity index (χ0) is 13.1. The molecule has 6 heteroatoms. The molecule has 0 aliphatic carbocycles. The van der Waals surface area contributed by atoms with Gasteiger partial charge in [-0.1, -0.05) is 6.07 Å². The Kier molecular flexibility index (Phi) is 3.77. The van der Waals surface area contributed by atoms with Gasteiger partial charge in [-0.15, -0.1) is 0 Å². The summed E-state index contributed by atoms with van der Waals surface area (Å²) in [7, 11) is 1.14. The van der Waals surface area contributed by atoms with E-state index < -0.39 is 17.7 Å². The first kappa shape index (κ1) is 13.1. The van der Waals surface area contributed by atoms with Crippen molar-refractivity contribution in [3.63, 3.8) is 0 Å². The molecule has 0 fully saturated rings. The summed E-state index contributed by atoms with van der Waals surface area (Å²) in [4.78, 5) is 10.8. The second-order valence-corrected chi connectivity index (χ2v) is 3.20. The second-order valence-electron chi connectivity index (χ2n) is 3.20. The molecular formula is C11H10F3NO2. The quantitative estimate of drug-likeness (QED) is 0.494. The van der Waals surface area contributed by atoms with E-state index in [1.165, 1.54) is 12.1 Å². The second kappa shape index (κ2) is 4.90. The van der Waals surface area contributed by atoms with Crippen LogP contribution in [0.4, 0.5) is 18.9 Å². The lowest BCUT2D eigenvalue weighted by Crippen LogP contribution is -2.08. The molecule has 0 amide bonds. The predicted octanol–water partition coefficient (Wildman–Crippen LogP) is 2.47. The van der Waals surface area contributed by atoms with Crippen LogP contribution in [-0.4, -0.2) is 13.1 Å². The van der Waals surface area contributed by atoms with E-state index in [9.17, 15) is 18.0 Å². The monoisotopic (exact) mass is 245 g/mol. The number of esters is 1. The first-order valence-corrected chi connectivity index (χ1v) is 4.57. The maximum atomic E-state index is 12.6. The molecule has 2 N–H and O–H groups in total. The third kappa shape index (κ3) is 3.51. The first-order valence-electron chi connectivity index (χ1n) is 4.57. The van der Waals surface area contributed by atoms with Gasteiger partial charge in [0.2, 0.25) is 0 Å². The Morgan fingerprint density at radius 2 is 2.06 bits per heavy atom. The molecule has 3 nitrogen and oxygen atoms in total. The number of alkyl halides is 3. The molecule has 0 bridgehead atoms. The summed E-state index contributed by atoms with van der Waals surface area (Å²) < 4.78 is 42.2. The van der Waals surface area contributed by atoms with E-state index in [0.717, 1.165) is 25.3 Å². The highest BCUT2D eigenvalue weighted by molar-refractivity contribution is 5.87. The summed E-state index contributed by atoms with van der Waals surface area (Å²) in [6, 6.07) is 3.33. The van der Waals surface area contributed by atoms with Crippen LogP contribution in [0.2, 0.25) is 0 Å². The molecule has 0 saturated heterocycles. The minimum absolute atomic E-state index is 0.00698. The van der Waals surface area contributed by atoms with E-state index in [1.807, 2.05) is 0 Å². The lowest BCUT2D eigenvalue weighted by molar-refractivity contribution is -0.138. The molecule has 0 aliphatic heterocycles. The number of anilines is 1. The minimum atomic E-state index is -4.52. The standard InChI is InChI=1S/C11H10F3NO2/c1-17-10(16)5-3-7-2-4-8(15)6-9(7)11(12,13)14/h2-6H,15H2,1H3. The average Bonchev–Trinajstić information content (AvgIpc) is 2.25. The number of ether oxygens (including phenoxy) is 1. The molecule has 0 aromatic heterocycles. The number of carbonyl (C=O) groups excluding carboxylic acids is 1.